The predicted octanol–water partition coefficient (Wildman–Crippen LogP) is 0.486. The third-order valence-corrected chi connectivity index (χ3v) is 0.333. The Morgan fingerprint density at radius 1 is 2.00 bits per heavy atom. The SMILES string of the molecule is [CH]=C(N)[CH]C. The molecule has 0 saturated heterocycles. The smallest absolute Gasteiger partial charge is 0.0116 e. The van der Waals surface area contributed by atoms with Crippen molar-refractivity contribution < 1.29 is 0 Å². The monoisotopic (exact) mass is 69.1 g/mol. The topological polar surface area (TPSA) is 26.0 Å². The molecule has 0 unspecified atom stereocenters. The summed E-state index contributed by atoms with van der Waals surface area (Å²) < 4.78 is 0. The van der Waals surface area contributed by atoms with Crippen molar-refractivity contribution >= 4 is 0 Å². The molecule has 1 nitrogen and oxygen atoms in total. The van der Waals surface area contributed by atoms with Crippen LogP contribution >= 0.6 is 0 Å². The molecule has 0 aromatic heterocycles. The fourth-order valence-corrected chi connectivity index (χ4v) is 0. The number of hydrogen-bond acceptors (Lipinski definition) is 1. The second-order valence-corrected chi connectivity index (χ2v) is 0.789. The fraction of sp³-hybridized carbons (Fsp3) is 0.250. The van der Waals surface area contributed by atoms with Gasteiger partial charge in [0.05, 0.1) is 0 Å². The van der Waals surface area contributed by atoms with Crippen molar-refractivity contribution in [2.75, 3.05) is 0 Å². The molecule has 1 heteroatoms. The summed E-state index contributed by atoms with van der Waals surface area (Å²) in [6.07, 6.45) is 1.64. The van der Waals surface area contributed by atoms with E-state index in [0.717, 1.165) is 0 Å². The summed E-state index contributed by atoms with van der Waals surface area (Å²) in [7, 11) is 0. The van der Waals surface area contributed by atoms with E-state index in [9.17, 15) is 0 Å². The summed E-state index contributed by atoms with van der Waals surface area (Å²) in [5.41, 5.74) is 5.31. The quantitative estimate of drug-likeness (QED) is 0.476. The minimum absolute atomic E-state index is 0.380. The standard InChI is InChI=1S/C4H7N/c1-3-4(2)5/h2-3H,5H2,1H3. The molecule has 0 aliphatic heterocycles. The zero-order valence-corrected chi connectivity index (χ0v) is 3.23. The normalized spacial score (nSPS) is 7.40. The van der Waals surface area contributed by atoms with Crippen molar-refractivity contribution in [3.63, 3.8) is 0 Å². The fourth-order valence-electron chi connectivity index (χ4n) is 0. The summed E-state index contributed by atoms with van der Waals surface area (Å²) in [5.74, 6) is 0. The molecule has 0 rings (SSSR count). The van der Waals surface area contributed by atoms with E-state index >= 15 is 0 Å². The van der Waals surface area contributed by atoms with E-state index < -0.39 is 0 Å². The maximum atomic E-state index is 4.93. The van der Waals surface area contributed by atoms with Gasteiger partial charge in [-0.15, -0.1) is 0 Å². The lowest BCUT2D eigenvalue weighted by Crippen LogP contribution is -1.90. The van der Waals surface area contributed by atoms with Crippen LogP contribution in [0.25, 0.3) is 0 Å². The molecule has 2 radical (unpaired) electrons. The summed E-state index contributed by atoms with van der Waals surface area (Å²) in [6.45, 7) is 6.72. The average molecular weight is 69.1 g/mol. The van der Waals surface area contributed by atoms with Gasteiger partial charge >= 0.3 is 0 Å². The molecule has 0 bridgehead atoms. The number of allylic oxidation sites excluding steroid dienone is 1. The van der Waals surface area contributed by atoms with Crippen LogP contribution in [0.4, 0.5) is 0 Å². The van der Waals surface area contributed by atoms with Gasteiger partial charge in [-0.1, -0.05) is 6.92 Å². The second kappa shape index (κ2) is 1.82. The Bertz CT molecular complexity index is 38.9. The molecule has 0 aromatic rings. The molecule has 5 heavy (non-hydrogen) atoms. The van der Waals surface area contributed by atoms with Gasteiger partial charge in [-0.25, -0.2) is 0 Å². The number of nitrogens with two attached hydrogens (primary N) is 1. The number of rotatable bonds is 1. The lowest BCUT2D eigenvalue weighted by Gasteiger charge is -1.80. The molecule has 0 fully saturated rings. The van der Waals surface area contributed by atoms with E-state index in [2.05, 4.69) is 0 Å². The van der Waals surface area contributed by atoms with Gasteiger partial charge in [-0.05, 0) is 6.58 Å². The Labute approximate surface area is 32.5 Å². The molecule has 0 saturated carbocycles. The van der Waals surface area contributed by atoms with Gasteiger partial charge in [-0.3, -0.25) is 0 Å². The van der Waals surface area contributed by atoms with Crippen LogP contribution in [0.3, 0.4) is 0 Å². The highest BCUT2D eigenvalue weighted by molar-refractivity contribution is 4.95. The maximum Gasteiger partial charge on any atom is 0.0116 e. The minimum atomic E-state index is 0.380. The molecule has 0 amide bonds. The van der Waals surface area contributed by atoms with Crippen LogP contribution < -0.4 is 5.73 Å². The van der Waals surface area contributed by atoms with Crippen LogP contribution in [-0.4, -0.2) is 0 Å². The van der Waals surface area contributed by atoms with Crippen LogP contribution in [0.5, 0.6) is 0 Å². The lowest BCUT2D eigenvalue weighted by molar-refractivity contribution is 1.31. The van der Waals surface area contributed by atoms with Gasteiger partial charge in [0, 0.05) is 12.1 Å². The Hall–Kier alpha value is -0.460. The van der Waals surface area contributed by atoms with Gasteiger partial charge in [0.1, 0.15) is 0 Å². The van der Waals surface area contributed by atoms with Crippen LogP contribution in [0, 0.1) is 13.0 Å². The van der Waals surface area contributed by atoms with Crippen molar-refractivity contribution in [3.8, 4) is 0 Å². The van der Waals surface area contributed by atoms with Gasteiger partial charge in [-0.2, -0.15) is 0 Å². The predicted molar refractivity (Wildman–Crippen MR) is 22.0 cm³/mol. The Morgan fingerprint density at radius 3 is 2.20 bits per heavy atom. The third kappa shape index (κ3) is 3.54. The summed E-state index contributed by atoms with van der Waals surface area (Å²) in [4.78, 5) is 0. The van der Waals surface area contributed by atoms with Crippen LogP contribution in [0.2, 0.25) is 0 Å². The molecule has 2 N–H and O–H groups in total. The number of hydrogen-bond donors (Lipinski definition) is 1. The molecule has 0 aliphatic rings. The maximum absolute atomic E-state index is 4.93. The third-order valence-electron chi connectivity index (χ3n) is 0.333. The van der Waals surface area contributed by atoms with E-state index in [-0.39, 0.29) is 0 Å². The van der Waals surface area contributed by atoms with Crippen LogP contribution in [0.15, 0.2) is 5.70 Å². The average Bonchev–Trinajstić information content (AvgIpc) is 1.38. The highest BCUT2D eigenvalue weighted by Crippen LogP contribution is 1.76. The molecule has 0 spiro atoms. The first-order valence-electron chi connectivity index (χ1n) is 1.44. The van der Waals surface area contributed by atoms with Gasteiger partial charge < -0.3 is 5.73 Å². The first-order valence-corrected chi connectivity index (χ1v) is 1.44. The Kier molecular flexibility index (Phi) is 1.65. The van der Waals surface area contributed by atoms with Crippen molar-refractivity contribution in [2.45, 2.75) is 6.92 Å². The summed E-state index contributed by atoms with van der Waals surface area (Å²) >= 11 is 0. The molecular weight excluding hydrogens is 62.1 g/mol. The lowest BCUT2D eigenvalue weighted by atomic mass is 10.4. The van der Waals surface area contributed by atoms with Crippen LogP contribution in [-0.2, 0) is 0 Å². The van der Waals surface area contributed by atoms with Crippen molar-refractivity contribution in [1.29, 1.82) is 0 Å². The van der Waals surface area contributed by atoms with Gasteiger partial charge in [0.15, 0.2) is 0 Å². The largest absolute Gasteiger partial charge is 0.402 e. The first-order chi connectivity index (χ1) is 2.27. The zero-order chi connectivity index (χ0) is 4.28. The van der Waals surface area contributed by atoms with Gasteiger partial charge in [0.2, 0.25) is 0 Å². The van der Waals surface area contributed by atoms with Crippen molar-refractivity contribution in [1.82, 2.24) is 0 Å². The second-order valence-electron chi connectivity index (χ2n) is 0.789. The zero-order valence-electron chi connectivity index (χ0n) is 3.23. The van der Waals surface area contributed by atoms with E-state index in [1.54, 1.807) is 13.3 Å². The highest BCUT2D eigenvalue weighted by atomic mass is 14.5. The molecular formula is C4H7N. The Morgan fingerprint density at radius 2 is 2.20 bits per heavy atom. The van der Waals surface area contributed by atoms with Crippen molar-refractivity contribution in [2.24, 2.45) is 5.73 Å². The summed E-state index contributed by atoms with van der Waals surface area (Å²) in [6, 6.07) is 0. The first kappa shape index (κ1) is 4.54. The van der Waals surface area contributed by atoms with Crippen molar-refractivity contribution in [3.05, 3.63) is 18.7 Å². The minimum Gasteiger partial charge on any atom is -0.402 e. The highest BCUT2D eigenvalue weighted by Gasteiger charge is 1.69. The van der Waals surface area contributed by atoms with Gasteiger partial charge in [0.25, 0.3) is 0 Å². The van der Waals surface area contributed by atoms with E-state index in [4.69, 9.17) is 12.3 Å². The Balaban J connectivity index is 2.85. The van der Waals surface area contributed by atoms with Crippen LogP contribution in [0.1, 0.15) is 6.92 Å². The van der Waals surface area contributed by atoms with E-state index in [1.807, 2.05) is 0 Å². The molecule has 0 aromatic carbocycles. The molecule has 0 aliphatic carbocycles. The summed E-state index contributed by atoms with van der Waals surface area (Å²) in [5, 5.41) is 0. The van der Waals surface area contributed by atoms with E-state index in [0.29, 0.717) is 5.70 Å². The molecule has 28 valence electrons. The molecule has 0 atom stereocenters. The van der Waals surface area contributed by atoms with E-state index in [1.165, 1.54) is 0 Å². The molecule has 0 heterocycles.